The van der Waals surface area contributed by atoms with Crippen LogP contribution in [0.25, 0.3) is 0 Å². The third-order valence-corrected chi connectivity index (χ3v) is 2.36. The van der Waals surface area contributed by atoms with E-state index in [0.29, 0.717) is 12.2 Å². The molecule has 0 saturated heterocycles. The molecule has 2 atom stereocenters. The maximum Gasteiger partial charge on any atom is 0.239 e. The van der Waals surface area contributed by atoms with Crippen LogP contribution in [-0.4, -0.2) is 25.7 Å². The summed E-state index contributed by atoms with van der Waals surface area (Å²) in [6.07, 6.45) is 0. The Balaban J connectivity index is 2.79. The minimum Gasteiger partial charge on any atom is -0.383 e. The molecule has 1 aromatic carbocycles. The van der Waals surface area contributed by atoms with Gasteiger partial charge in [0.05, 0.1) is 6.61 Å². The number of ether oxygens (including phenoxy) is 1. The molecule has 2 unspecified atom stereocenters. The van der Waals surface area contributed by atoms with E-state index in [1.54, 1.807) is 7.11 Å². The Bertz CT molecular complexity index is 367. The standard InChI is InChI=1S/C12H17FN2O2/c1-8(7-17-2)15-11(12(14)16)9-3-5-10(13)6-4-9/h3-6,8,11,15H,7H2,1-2H3,(H2,14,16). The van der Waals surface area contributed by atoms with Crippen LogP contribution >= 0.6 is 0 Å². The zero-order chi connectivity index (χ0) is 12.8. The van der Waals surface area contributed by atoms with Crippen molar-refractivity contribution in [3.63, 3.8) is 0 Å². The Labute approximate surface area is 100.0 Å². The van der Waals surface area contributed by atoms with Crippen molar-refractivity contribution < 1.29 is 13.9 Å². The lowest BCUT2D eigenvalue weighted by atomic mass is 10.1. The van der Waals surface area contributed by atoms with Crippen LogP contribution in [0.1, 0.15) is 18.5 Å². The molecule has 0 bridgehead atoms. The number of nitrogens with one attached hydrogen (secondary N) is 1. The predicted molar refractivity (Wildman–Crippen MR) is 62.8 cm³/mol. The van der Waals surface area contributed by atoms with Crippen molar-refractivity contribution >= 4 is 5.91 Å². The minimum atomic E-state index is -0.638. The molecule has 94 valence electrons. The smallest absolute Gasteiger partial charge is 0.239 e. The Morgan fingerprint density at radius 2 is 2.06 bits per heavy atom. The second kappa shape index (κ2) is 6.32. The molecule has 0 aliphatic carbocycles. The Morgan fingerprint density at radius 1 is 1.47 bits per heavy atom. The van der Waals surface area contributed by atoms with Gasteiger partial charge in [-0.3, -0.25) is 10.1 Å². The summed E-state index contributed by atoms with van der Waals surface area (Å²) in [7, 11) is 1.58. The first-order valence-corrected chi connectivity index (χ1v) is 5.34. The SMILES string of the molecule is COCC(C)NC(C(N)=O)c1ccc(F)cc1. The highest BCUT2D eigenvalue weighted by atomic mass is 19.1. The zero-order valence-corrected chi connectivity index (χ0v) is 9.94. The van der Waals surface area contributed by atoms with E-state index in [4.69, 9.17) is 10.5 Å². The molecule has 0 saturated carbocycles. The highest BCUT2D eigenvalue weighted by Crippen LogP contribution is 2.14. The number of methoxy groups -OCH3 is 1. The fourth-order valence-electron chi connectivity index (χ4n) is 1.58. The van der Waals surface area contributed by atoms with E-state index in [0.717, 1.165) is 0 Å². The summed E-state index contributed by atoms with van der Waals surface area (Å²) in [4.78, 5) is 11.3. The first-order chi connectivity index (χ1) is 8.04. The summed E-state index contributed by atoms with van der Waals surface area (Å²) in [6, 6.07) is 5.01. The van der Waals surface area contributed by atoms with Crippen molar-refractivity contribution in [1.29, 1.82) is 0 Å². The number of carbonyl (C=O) groups excluding carboxylic acids is 1. The molecular formula is C12H17FN2O2. The van der Waals surface area contributed by atoms with Gasteiger partial charge in [0.2, 0.25) is 5.91 Å². The number of benzene rings is 1. The Hall–Kier alpha value is -1.46. The molecule has 5 heteroatoms. The van der Waals surface area contributed by atoms with Crippen LogP contribution in [0.5, 0.6) is 0 Å². The first-order valence-electron chi connectivity index (χ1n) is 5.34. The molecule has 3 N–H and O–H groups in total. The van der Waals surface area contributed by atoms with Crippen molar-refractivity contribution in [2.75, 3.05) is 13.7 Å². The minimum absolute atomic E-state index is 0.0254. The summed E-state index contributed by atoms with van der Waals surface area (Å²) in [5, 5.41) is 3.03. The number of hydrogen-bond donors (Lipinski definition) is 2. The highest BCUT2D eigenvalue weighted by Gasteiger charge is 2.19. The maximum absolute atomic E-state index is 12.8. The van der Waals surface area contributed by atoms with Gasteiger partial charge < -0.3 is 10.5 Å². The van der Waals surface area contributed by atoms with Crippen LogP contribution < -0.4 is 11.1 Å². The van der Waals surface area contributed by atoms with Crippen LogP contribution in [0.2, 0.25) is 0 Å². The number of hydrogen-bond acceptors (Lipinski definition) is 3. The summed E-state index contributed by atoms with van der Waals surface area (Å²) in [5.74, 6) is -0.846. The lowest BCUT2D eigenvalue weighted by molar-refractivity contribution is -0.120. The molecule has 0 aliphatic rings. The third kappa shape index (κ3) is 4.13. The molecule has 4 nitrogen and oxygen atoms in total. The second-order valence-corrected chi connectivity index (χ2v) is 3.91. The van der Waals surface area contributed by atoms with Gasteiger partial charge in [-0.2, -0.15) is 0 Å². The van der Waals surface area contributed by atoms with E-state index < -0.39 is 11.9 Å². The number of rotatable bonds is 6. The van der Waals surface area contributed by atoms with E-state index >= 15 is 0 Å². The number of nitrogens with two attached hydrogens (primary N) is 1. The van der Waals surface area contributed by atoms with Crippen molar-refractivity contribution in [2.24, 2.45) is 5.73 Å². The fraction of sp³-hybridized carbons (Fsp3) is 0.417. The molecule has 0 fully saturated rings. The largest absolute Gasteiger partial charge is 0.383 e. The third-order valence-electron chi connectivity index (χ3n) is 2.36. The number of halogens is 1. The molecule has 0 aliphatic heterocycles. The molecule has 0 aromatic heterocycles. The van der Waals surface area contributed by atoms with Crippen LogP contribution in [-0.2, 0) is 9.53 Å². The number of primary amides is 1. The van der Waals surface area contributed by atoms with Gasteiger partial charge in [0.15, 0.2) is 0 Å². The van der Waals surface area contributed by atoms with E-state index in [9.17, 15) is 9.18 Å². The van der Waals surface area contributed by atoms with Gasteiger partial charge in [0.1, 0.15) is 11.9 Å². The van der Waals surface area contributed by atoms with Crippen LogP contribution in [0.15, 0.2) is 24.3 Å². The van der Waals surface area contributed by atoms with Gasteiger partial charge in [-0.15, -0.1) is 0 Å². The van der Waals surface area contributed by atoms with Gasteiger partial charge in [0.25, 0.3) is 0 Å². The van der Waals surface area contributed by atoms with Crippen molar-refractivity contribution in [3.8, 4) is 0 Å². The van der Waals surface area contributed by atoms with Crippen LogP contribution in [0.3, 0.4) is 0 Å². The van der Waals surface area contributed by atoms with Crippen molar-refractivity contribution in [2.45, 2.75) is 19.0 Å². The van der Waals surface area contributed by atoms with Gasteiger partial charge in [-0.1, -0.05) is 12.1 Å². The Kier molecular flexibility index (Phi) is 5.06. The molecule has 1 aromatic rings. The monoisotopic (exact) mass is 240 g/mol. The summed E-state index contributed by atoms with van der Waals surface area (Å²) in [5.41, 5.74) is 5.96. The summed E-state index contributed by atoms with van der Waals surface area (Å²) >= 11 is 0. The maximum atomic E-state index is 12.8. The van der Waals surface area contributed by atoms with E-state index in [1.165, 1.54) is 24.3 Å². The fourth-order valence-corrected chi connectivity index (χ4v) is 1.58. The lowest BCUT2D eigenvalue weighted by Gasteiger charge is -2.20. The van der Waals surface area contributed by atoms with Crippen molar-refractivity contribution in [1.82, 2.24) is 5.32 Å². The van der Waals surface area contributed by atoms with Crippen molar-refractivity contribution in [3.05, 3.63) is 35.6 Å². The summed E-state index contributed by atoms with van der Waals surface area (Å²) < 4.78 is 17.7. The second-order valence-electron chi connectivity index (χ2n) is 3.91. The topological polar surface area (TPSA) is 64.3 Å². The highest BCUT2D eigenvalue weighted by molar-refractivity contribution is 5.81. The molecule has 0 radical (unpaired) electrons. The van der Waals surface area contributed by atoms with Crippen LogP contribution in [0.4, 0.5) is 4.39 Å². The zero-order valence-electron chi connectivity index (χ0n) is 9.94. The number of amides is 1. The molecular weight excluding hydrogens is 223 g/mol. The van der Waals surface area contributed by atoms with Crippen LogP contribution in [0, 0.1) is 5.82 Å². The average Bonchev–Trinajstić information content (AvgIpc) is 2.27. The number of carbonyl (C=O) groups is 1. The molecule has 0 heterocycles. The van der Waals surface area contributed by atoms with Gasteiger partial charge in [-0.25, -0.2) is 4.39 Å². The van der Waals surface area contributed by atoms with E-state index in [2.05, 4.69) is 5.32 Å². The average molecular weight is 240 g/mol. The Morgan fingerprint density at radius 3 is 2.53 bits per heavy atom. The predicted octanol–water partition coefficient (Wildman–Crippen LogP) is 0.977. The van der Waals surface area contributed by atoms with Gasteiger partial charge in [-0.05, 0) is 24.6 Å². The van der Waals surface area contributed by atoms with Gasteiger partial charge >= 0.3 is 0 Å². The summed E-state index contributed by atoms with van der Waals surface area (Å²) in [6.45, 7) is 2.34. The van der Waals surface area contributed by atoms with Gasteiger partial charge in [0, 0.05) is 13.2 Å². The van der Waals surface area contributed by atoms with E-state index in [-0.39, 0.29) is 11.9 Å². The molecule has 17 heavy (non-hydrogen) atoms. The normalized spacial score (nSPS) is 14.3. The molecule has 1 rings (SSSR count). The molecule has 0 spiro atoms. The lowest BCUT2D eigenvalue weighted by Crippen LogP contribution is -2.40. The first kappa shape index (κ1) is 13.6. The van der Waals surface area contributed by atoms with E-state index in [1.807, 2.05) is 6.92 Å². The quantitative estimate of drug-likeness (QED) is 0.779. The molecule has 1 amide bonds.